The fourth-order valence-corrected chi connectivity index (χ4v) is 2.00. The maximum absolute atomic E-state index is 12.9. The summed E-state index contributed by atoms with van der Waals surface area (Å²) in [6, 6.07) is 5.86. The first-order valence-electron chi connectivity index (χ1n) is 5.59. The van der Waals surface area contributed by atoms with Gasteiger partial charge in [-0.25, -0.2) is 9.97 Å². The molecule has 0 radical (unpaired) electrons. The smallest absolute Gasteiger partial charge is 0.395 e. The monoisotopic (exact) mass is 299 g/mol. The molecule has 3 rings (SSSR count). The van der Waals surface area contributed by atoms with E-state index in [0.717, 1.165) is 0 Å². The molecule has 1 aromatic heterocycles. The van der Waals surface area contributed by atoms with Crippen molar-refractivity contribution < 1.29 is 18.3 Å². The van der Waals surface area contributed by atoms with Crippen LogP contribution in [0.4, 0.5) is 20.3 Å². The number of aromatic nitrogens is 2. The zero-order valence-electron chi connectivity index (χ0n) is 10.2. The van der Waals surface area contributed by atoms with E-state index in [1.54, 1.807) is 13.0 Å². The Kier molecular flexibility index (Phi) is 2.86. The number of nitrogens with one attached hydrogen (secondary N) is 1. The summed E-state index contributed by atoms with van der Waals surface area (Å²) in [6.45, 7) is 1.69. The number of alkyl halides is 2. The minimum atomic E-state index is -3.63. The first kappa shape index (κ1) is 12.9. The second kappa shape index (κ2) is 4.45. The van der Waals surface area contributed by atoms with Crippen molar-refractivity contribution in [2.24, 2.45) is 0 Å². The molecule has 1 N–H and O–H groups in total. The third-order valence-electron chi connectivity index (χ3n) is 2.48. The summed E-state index contributed by atoms with van der Waals surface area (Å²) < 4.78 is 34.5. The van der Waals surface area contributed by atoms with Crippen LogP contribution in [0.15, 0.2) is 24.3 Å². The minimum Gasteiger partial charge on any atom is -0.395 e. The van der Waals surface area contributed by atoms with Crippen LogP contribution in [-0.4, -0.2) is 16.3 Å². The summed E-state index contributed by atoms with van der Waals surface area (Å²) >= 11 is 5.81. The standard InChI is InChI=1S/C12H8ClF2N3O2/c1-6-16-10(13)5-11(17-6)18-7-2-3-8-9(4-7)20-12(14,15)19-8/h2-5H,1H3,(H,16,17,18). The Bertz CT molecular complexity index is 661. The Morgan fingerprint density at radius 3 is 2.65 bits per heavy atom. The predicted molar refractivity (Wildman–Crippen MR) is 67.7 cm³/mol. The third-order valence-corrected chi connectivity index (χ3v) is 2.67. The van der Waals surface area contributed by atoms with Gasteiger partial charge in [0.2, 0.25) is 0 Å². The Morgan fingerprint density at radius 1 is 1.15 bits per heavy atom. The molecule has 1 aliphatic heterocycles. The number of nitrogens with zero attached hydrogens (tertiary/aromatic N) is 2. The van der Waals surface area contributed by atoms with Gasteiger partial charge in [-0.2, -0.15) is 0 Å². The van der Waals surface area contributed by atoms with Gasteiger partial charge in [0.1, 0.15) is 16.8 Å². The molecule has 0 unspecified atom stereocenters. The van der Waals surface area contributed by atoms with E-state index in [1.165, 1.54) is 18.2 Å². The summed E-state index contributed by atoms with van der Waals surface area (Å²) in [6.07, 6.45) is -3.63. The lowest BCUT2D eigenvalue weighted by Crippen LogP contribution is -2.25. The van der Waals surface area contributed by atoms with Crippen LogP contribution in [0.3, 0.4) is 0 Å². The highest BCUT2D eigenvalue weighted by Gasteiger charge is 2.43. The molecule has 2 heterocycles. The number of hydrogen-bond acceptors (Lipinski definition) is 5. The Morgan fingerprint density at radius 2 is 1.90 bits per heavy atom. The van der Waals surface area contributed by atoms with Gasteiger partial charge < -0.3 is 14.8 Å². The van der Waals surface area contributed by atoms with Gasteiger partial charge in [-0.15, -0.1) is 8.78 Å². The lowest BCUT2D eigenvalue weighted by molar-refractivity contribution is -0.286. The van der Waals surface area contributed by atoms with Crippen molar-refractivity contribution in [3.05, 3.63) is 35.2 Å². The molecule has 1 aromatic carbocycles. The normalized spacial score (nSPS) is 15.2. The Balaban J connectivity index is 1.86. The number of anilines is 2. The lowest BCUT2D eigenvalue weighted by Gasteiger charge is -2.07. The van der Waals surface area contributed by atoms with Gasteiger partial charge in [0.05, 0.1) is 0 Å². The maximum atomic E-state index is 12.9. The van der Waals surface area contributed by atoms with Crippen LogP contribution in [0, 0.1) is 6.92 Å². The fraction of sp³-hybridized carbons (Fsp3) is 0.167. The average molecular weight is 300 g/mol. The van der Waals surface area contributed by atoms with Gasteiger partial charge in [-0.05, 0) is 19.1 Å². The van der Waals surface area contributed by atoms with Crippen molar-refractivity contribution in [3.8, 4) is 11.5 Å². The van der Waals surface area contributed by atoms with Crippen LogP contribution >= 0.6 is 11.6 Å². The van der Waals surface area contributed by atoms with Gasteiger partial charge >= 0.3 is 6.29 Å². The van der Waals surface area contributed by atoms with Crippen molar-refractivity contribution in [1.29, 1.82) is 0 Å². The van der Waals surface area contributed by atoms with E-state index in [-0.39, 0.29) is 16.7 Å². The first-order valence-corrected chi connectivity index (χ1v) is 5.97. The van der Waals surface area contributed by atoms with Gasteiger partial charge in [0.15, 0.2) is 11.5 Å². The lowest BCUT2D eigenvalue weighted by atomic mass is 10.3. The van der Waals surface area contributed by atoms with Gasteiger partial charge in [0, 0.05) is 17.8 Å². The highest BCUT2D eigenvalue weighted by atomic mass is 35.5. The molecular weight excluding hydrogens is 292 g/mol. The molecule has 0 spiro atoms. The zero-order valence-corrected chi connectivity index (χ0v) is 10.9. The van der Waals surface area contributed by atoms with Crippen molar-refractivity contribution in [3.63, 3.8) is 0 Å². The van der Waals surface area contributed by atoms with Crippen LogP contribution in [0.5, 0.6) is 11.5 Å². The fourth-order valence-electron chi connectivity index (χ4n) is 1.77. The molecule has 5 nitrogen and oxygen atoms in total. The number of hydrogen-bond donors (Lipinski definition) is 1. The van der Waals surface area contributed by atoms with E-state index in [0.29, 0.717) is 17.3 Å². The summed E-state index contributed by atoms with van der Waals surface area (Å²) in [4.78, 5) is 8.05. The number of aryl methyl sites for hydroxylation is 1. The summed E-state index contributed by atoms with van der Waals surface area (Å²) in [5.41, 5.74) is 0.513. The highest BCUT2D eigenvalue weighted by Crippen LogP contribution is 2.42. The minimum absolute atomic E-state index is 0.0162. The zero-order chi connectivity index (χ0) is 14.3. The predicted octanol–water partition coefficient (Wildman–Crippen LogP) is 3.50. The third kappa shape index (κ3) is 2.57. The molecule has 1 aliphatic rings. The van der Waals surface area contributed by atoms with Crippen LogP contribution in [-0.2, 0) is 0 Å². The average Bonchev–Trinajstić information content (AvgIpc) is 2.60. The largest absolute Gasteiger partial charge is 0.586 e. The first-order chi connectivity index (χ1) is 9.41. The van der Waals surface area contributed by atoms with Crippen LogP contribution < -0.4 is 14.8 Å². The van der Waals surface area contributed by atoms with E-state index in [2.05, 4.69) is 24.8 Å². The molecule has 0 aliphatic carbocycles. The molecule has 2 aromatic rings. The quantitative estimate of drug-likeness (QED) is 0.860. The van der Waals surface area contributed by atoms with E-state index in [4.69, 9.17) is 11.6 Å². The van der Waals surface area contributed by atoms with E-state index in [1.807, 2.05) is 0 Å². The number of benzene rings is 1. The summed E-state index contributed by atoms with van der Waals surface area (Å²) in [5, 5.41) is 3.21. The molecule has 0 saturated carbocycles. The van der Waals surface area contributed by atoms with E-state index >= 15 is 0 Å². The number of ether oxygens (including phenoxy) is 2. The van der Waals surface area contributed by atoms with Crippen LogP contribution in [0.2, 0.25) is 5.15 Å². The molecule has 0 bridgehead atoms. The molecule has 20 heavy (non-hydrogen) atoms. The van der Waals surface area contributed by atoms with E-state index in [9.17, 15) is 8.78 Å². The molecular formula is C12H8ClF2N3O2. The topological polar surface area (TPSA) is 56.3 Å². The van der Waals surface area contributed by atoms with Gasteiger partial charge in [-0.3, -0.25) is 0 Å². The summed E-state index contributed by atoms with van der Waals surface area (Å²) in [7, 11) is 0. The molecule has 0 saturated heterocycles. The number of rotatable bonds is 2. The molecule has 0 amide bonds. The second-order valence-corrected chi connectivity index (χ2v) is 4.46. The van der Waals surface area contributed by atoms with Gasteiger partial charge in [-0.1, -0.05) is 11.6 Å². The Labute approximate surface area is 117 Å². The molecule has 0 fully saturated rings. The number of halogens is 3. The maximum Gasteiger partial charge on any atom is 0.586 e. The summed E-state index contributed by atoms with van der Waals surface area (Å²) in [5.74, 6) is 0.884. The molecule has 0 atom stereocenters. The molecule has 104 valence electrons. The second-order valence-electron chi connectivity index (χ2n) is 4.08. The SMILES string of the molecule is Cc1nc(Cl)cc(Nc2ccc3c(c2)OC(F)(F)O3)n1. The van der Waals surface area contributed by atoms with Crippen LogP contribution in [0.25, 0.3) is 0 Å². The van der Waals surface area contributed by atoms with Crippen molar-refractivity contribution in [2.45, 2.75) is 13.2 Å². The van der Waals surface area contributed by atoms with E-state index < -0.39 is 6.29 Å². The van der Waals surface area contributed by atoms with Crippen molar-refractivity contribution in [1.82, 2.24) is 9.97 Å². The van der Waals surface area contributed by atoms with Crippen molar-refractivity contribution >= 4 is 23.1 Å². The number of fused-ring (bicyclic) bond motifs is 1. The van der Waals surface area contributed by atoms with Crippen LogP contribution in [0.1, 0.15) is 5.82 Å². The molecule has 8 heteroatoms. The van der Waals surface area contributed by atoms with Crippen molar-refractivity contribution in [2.75, 3.05) is 5.32 Å². The Hall–Kier alpha value is -2.15. The highest BCUT2D eigenvalue weighted by molar-refractivity contribution is 6.29. The van der Waals surface area contributed by atoms with Gasteiger partial charge in [0.25, 0.3) is 0 Å².